The van der Waals surface area contributed by atoms with E-state index < -0.39 is 0 Å². The zero-order valence-electron chi connectivity index (χ0n) is 15.0. The Morgan fingerprint density at radius 1 is 1.27 bits per heavy atom. The molecule has 0 spiro atoms. The van der Waals surface area contributed by atoms with Crippen LogP contribution in [0.3, 0.4) is 0 Å². The Morgan fingerprint density at radius 2 is 1.96 bits per heavy atom. The van der Waals surface area contributed by atoms with Gasteiger partial charge in [0.05, 0.1) is 10.7 Å². The van der Waals surface area contributed by atoms with E-state index in [-0.39, 0.29) is 17.7 Å². The molecule has 7 heteroatoms. The number of aromatic nitrogens is 1. The highest BCUT2D eigenvalue weighted by Gasteiger charge is 2.27. The van der Waals surface area contributed by atoms with Gasteiger partial charge in [-0.25, -0.2) is 4.98 Å². The zero-order valence-corrected chi connectivity index (χ0v) is 16.7. The third kappa shape index (κ3) is 4.65. The lowest BCUT2D eigenvalue weighted by molar-refractivity contribution is -0.125. The topological polar surface area (TPSA) is 62.3 Å². The van der Waals surface area contributed by atoms with Gasteiger partial charge in [-0.1, -0.05) is 0 Å². The van der Waals surface area contributed by atoms with E-state index in [1.54, 1.807) is 30.1 Å². The quantitative estimate of drug-likeness (QED) is 0.797. The van der Waals surface area contributed by atoms with Gasteiger partial charge in [0.1, 0.15) is 0 Å². The largest absolute Gasteiger partial charge is 0.359 e. The van der Waals surface area contributed by atoms with Gasteiger partial charge in [-0.15, -0.1) is 23.1 Å². The molecule has 0 unspecified atom stereocenters. The van der Waals surface area contributed by atoms with Crippen LogP contribution in [0.15, 0.2) is 34.5 Å². The summed E-state index contributed by atoms with van der Waals surface area (Å²) in [5.41, 5.74) is 1.80. The van der Waals surface area contributed by atoms with Gasteiger partial charge >= 0.3 is 0 Å². The van der Waals surface area contributed by atoms with Gasteiger partial charge in [0.15, 0.2) is 0 Å². The predicted octanol–water partition coefficient (Wildman–Crippen LogP) is 3.34. The second kappa shape index (κ2) is 8.68. The minimum absolute atomic E-state index is 0.0252. The molecule has 1 aliphatic heterocycles. The molecule has 0 aliphatic carbocycles. The highest BCUT2D eigenvalue weighted by molar-refractivity contribution is 7.98. The average molecular weight is 390 g/mol. The van der Waals surface area contributed by atoms with E-state index in [9.17, 15) is 9.59 Å². The van der Waals surface area contributed by atoms with Crippen LogP contribution < -0.4 is 5.32 Å². The van der Waals surface area contributed by atoms with Crippen molar-refractivity contribution in [1.82, 2.24) is 15.2 Å². The Balaban J connectivity index is 1.53. The SMILES string of the molecule is CNC(=O)C1CCN(C(=O)c2ccc(SCc3csc(C)n3)cc2)CC1. The van der Waals surface area contributed by atoms with Crippen molar-refractivity contribution in [3.05, 3.63) is 45.9 Å². The predicted molar refractivity (Wildman–Crippen MR) is 106 cm³/mol. The third-order valence-electron chi connectivity index (χ3n) is 4.55. The summed E-state index contributed by atoms with van der Waals surface area (Å²) in [7, 11) is 1.66. The number of amides is 2. The highest BCUT2D eigenvalue weighted by Crippen LogP contribution is 2.25. The number of thiazole rings is 1. The molecule has 138 valence electrons. The normalized spacial score (nSPS) is 15.1. The molecular formula is C19H23N3O2S2. The summed E-state index contributed by atoms with van der Waals surface area (Å²) in [6.07, 6.45) is 1.46. The number of benzene rings is 1. The summed E-state index contributed by atoms with van der Waals surface area (Å²) >= 11 is 3.39. The first-order valence-corrected chi connectivity index (χ1v) is 10.6. The molecule has 1 aromatic heterocycles. The van der Waals surface area contributed by atoms with E-state index in [1.807, 2.05) is 36.1 Å². The Bertz CT molecular complexity index is 765. The molecule has 3 rings (SSSR count). The molecule has 1 saturated heterocycles. The van der Waals surface area contributed by atoms with Crippen molar-refractivity contribution in [2.45, 2.75) is 30.4 Å². The van der Waals surface area contributed by atoms with E-state index >= 15 is 0 Å². The monoisotopic (exact) mass is 389 g/mol. The molecule has 26 heavy (non-hydrogen) atoms. The summed E-state index contributed by atoms with van der Waals surface area (Å²) < 4.78 is 0. The summed E-state index contributed by atoms with van der Waals surface area (Å²) in [6.45, 7) is 3.28. The number of hydrogen-bond acceptors (Lipinski definition) is 5. The number of likely N-dealkylation sites (tertiary alicyclic amines) is 1. The molecule has 0 saturated carbocycles. The van der Waals surface area contributed by atoms with Crippen LogP contribution in [0.1, 0.15) is 33.9 Å². The van der Waals surface area contributed by atoms with Gasteiger partial charge in [-0.2, -0.15) is 0 Å². The first kappa shape index (κ1) is 18.9. The maximum absolute atomic E-state index is 12.6. The summed E-state index contributed by atoms with van der Waals surface area (Å²) in [5.74, 6) is 0.989. The minimum Gasteiger partial charge on any atom is -0.359 e. The fourth-order valence-electron chi connectivity index (χ4n) is 3.06. The van der Waals surface area contributed by atoms with Gasteiger partial charge in [-0.05, 0) is 44.0 Å². The van der Waals surface area contributed by atoms with Crippen LogP contribution in [0.25, 0.3) is 0 Å². The van der Waals surface area contributed by atoms with E-state index in [4.69, 9.17) is 0 Å². The second-order valence-electron chi connectivity index (χ2n) is 6.35. The molecule has 0 bridgehead atoms. The standard InChI is InChI=1S/C19H23N3O2S2/c1-13-21-16(11-25-13)12-26-17-5-3-15(4-6-17)19(24)22-9-7-14(8-10-22)18(23)20-2/h3-6,11,14H,7-10,12H2,1-2H3,(H,20,23). The Kier molecular flexibility index (Phi) is 6.32. The second-order valence-corrected chi connectivity index (χ2v) is 8.46. The van der Waals surface area contributed by atoms with Crippen LogP contribution in [0, 0.1) is 12.8 Å². The van der Waals surface area contributed by atoms with Crippen molar-refractivity contribution < 1.29 is 9.59 Å². The molecule has 1 aromatic carbocycles. The number of piperidine rings is 1. The molecule has 1 aliphatic rings. The molecule has 1 N–H and O–H groups in total. The van der Waals surface area contributed by atoms with Crippen molar-refractivity contribution >= 4 is 34.9 Å². The summed E-state index contributed by atoms with van der Waals surface area (Å²) in [4.78, 5) is 31.8. The van der Waals surface area contributed by atoms with Gasteiger partial charge in [0.2, 0.25) is 5.91 Å². The Morgan fingerprint density at radius 3 is 2.54 bits per heavy atom. The van der Waals surface area contributed by atoms with Gasteiger partial charge < -0.3 is 10.2 Å². The number of carbonyl (C=O) groups is 2. The minimum atomic E-state index is 0.0252. The van der Waals surface area contributed by atoms with Crippen molar-refractivity contribution in [3.63, 3.8) is 0 Å². The van der Waals surface area contributed by atoms with Gasteiger partial charge in [0.25, 0.3) is 5.91 Å². The fourth-order valence-corrected chi connectivity index (χ4v) is 4.57. The molecule has 0 radical (unpaired) electrons. The lowest BCUT2D eigenvalue weighted by atomic mass is 9.95. The zero-order chi connectivity index (χ0) is 18.5. The number of nitrogens with one attached hydrogen (secondary N) is 1. The number of nitrogens with zero attached hydrogens (tertiary/aromatic N) is 2. The third-order valence-corrected chi connectivity index (χ3v) is 6.42. The molecule has 2 amide bonds. The first-order chi connectivity index (χ1) is 12.6. The number of rotatable bonds is 5. The Labute approximate surface area is 162 Å². The summed E-state index contributed by atoms with van der Waals surface area (Å²) in [5, 5.41) is 5.86. The molecule has 2 heterocycles. The van der Waals surface area contributed by atoms with Crippen molar-refractivity contribution in [3.8, 4) is 0 Å². The summed E-state index contributed by atoms with van der Waals surface area (Å²) in [6, 6.07) is 7.77. The van der Waals surface area contributed by atoms with Crippen LogP contribution in [0.5, 0.6) is 0 Å². The van der Waals surface area contributed by atoms with Crippen molar-refractivity contribution in [2.75, 3.05) is 20.1 Å². The maximum atomic E-state index is 12.6. The molecule has 2 aromatic rings. The van der Waals surface area contributed by atoms with E-state index in [0.29, 0.717) is 18.7 Å². The van der Waals surface area contributed by atoms with Crippen molar-refractivity contribution in [1.29, 1.82) is 0 Å². The Hall–Kier alpha value is -1.86. The van der Waals surface area contributed by atoms with E-state index in [1.165, 1.54) is 0 Å². The number of carbonyl (C=O) groups excluding carboxylic acids is 2. The van der Waals surface area contributed by atoms with E-state index in [0.717, 1.165) is 34.2 Å². The van der Waals surface area contributed by atoms with Crippen molar-refractivity contribution in [2.24, 2.45) is 5.92 Å². The molecule has 5 nitrogen and oxygen atoms in total. The van der Waals surface area contributed by atoms with Gasteiger partial charge in [-0.3, -0.25) is 9.59 Å². The maximum Gasteiger partial charge on any atom is 0.253 e. The highest BCUT2D eigenvalue weighted by atomic mass is 32.2. The lowest BCUT2D eigenvalue weighted by Gasteiger charge is -2.31. The van der Waals surface area contributed by atoms with E-state index in [2.05, 4.69) is 15.7 Å². The molecular weight excluding hydrogens is 366 g/mol. The lowest BCUT2D eigenvalue weighted by Crippen LogP contribution is -2.42. The van der Waals surface area contributed by atoms with Crippen LogP contribution in [-0.2, 0) is 10.5 Å². The van der Waals surface area contributed by atoms with Crippen LogP contribution in [0.2, 0.25) is 0 Å². The van der Waals surface area contributed by atoms with Crippen LogP contribution in [0.4, 0.5) is 0 Å². The number of aryl methyl sites for hydroxylation is 1. The fraction of sp³-hybridized carbons (Fsp3) is 0.421. The molecule has 1 fully saturated rings. The average Bonchev–Trinajstić information content (AvgIpc) is 3.11. The first-order valence-electron chi connectivity index (χ1n) is 8.71. The number of thioether (sulfide) groups is 1. The molecule has 0 atom stereocenters. The van der Waals surface area contributed by atoms with Gasteiger partial charge in [0, 0.05) is 47.6 Å². The number of hydrogen-bond donors (Lipinski definition) is 1. The smallest absolute Gasteiger partial charge is 0.253 e. The van der Waals surface area contributed by atoms with Crippen LogP contribution in [-0.4, -0.2) is 41.8 Å². The van der Waals surface area contributed by atoms with Crippen LogP contribution >= 0.6 is 23.1 Å².